The van der Waals surface area contributed by atoms with Gasteiger partial charge in [-0.3, -0.25) is 16.0 Å². The van der Waals surface area contributed by atoms with Gasteiger partial charge in [0.1, 0.15) is 0 Å². The lowest BCUT2D eigenvalue weighted by Crippen LogP contribution is -2.65. The van der Waals surface area contributed by atoms with Crippen LogP contribution >= 0.6 is 0 Å². The van der Waals surface area contributed by atoms with Gasteiger partial charge in [-0.05, 0) is 26.6 Å². The smallest absolute Gasteiger partial charge is 0.0966 e. The molecule has 0 atom stereocenters. The lowest BCUT2D eigenvalue weighted by Gasteiger charge is -2.31. The number of hydrogen-bond donors (Lipinski definition) is 3. The molecule has 0 bridgehead atoms. The van der Waals surface area contributed by atoms with Gasteiger partial charge in [-0.1, -0.05) is 13.8 Å². The van der Waals surface area contributed by atoms with Crippen LogP contribution in [0.25, 0.3) is 0 Å². The average Bonchev–Trinajstić information content (AvgIpc) is 2.00. The molecule has 0 saturated heterocycles. The van der Waals surface area contributed by atoms with Gasteiger partial charge in [-0.25, -0.2) is 0 Å². The predicted octanol–water partition coefficient (Wildman–Crippen LogP) is -1.35. The summed E-state index contributed by atoms with van der Waals surface area (Å²) in [5, 5.41) is 9.88. The molecule has 0 aliphatic heterocycles. The Morgan fingerprint density at radius 2 is 1.73 bits per heavy atom. The van der Waals surface area contributed by atoms with Crippen molar-refractivity contribution in [1.29, 1.82) is 0 Å². The quantitative estimate of drug-likeness (QED) is 0.357. The molecule has 0 saturated carbocycles. The van der Waals surface area contributed by atoms with Crippen LogP contribution in [0.2, 0.25) is 0 Å². The highest BCUT2D eigenvalue weighted by atomic mass is 28.1. The lowest BCUT2D eigenvalue weighted by molar-refractivity contribution is 0.329. The molecular formula is C7H21N3Si. The molecule has 0 fully saturated rings. The summed E-state index contributed by atoms with van der Waals surface area (Å²) in [7, 11) is 4.98. The van der Waals surface area contributed by atoms with Gasteiger partial charge in [-0.2, -0.15) is 0 Å². The highest BCUT2D eigenvalue weighted by Crippen LogP contribution is 1.91. The summed E-state index contributed by atoms with van der Waals surface area (Å²) in [6, 6.07) is 0. The summed E-state index contributed by atoms with van der Waals surface area (Å²) in [5.74, 6) is 0.699. The van der Waals surface area contributed by atoms with E-state index in [-0.39, 0.29) is 5.41 Å². The molecule has 0 aliphatic carbocycles. The Balaban J connectivity index is 3.69. The first-order valence-electron chi connectivity index (χ1n) is 4.17. The second-order valence-electron chi connectivity index (χ2n) is 3.40. The third-order valence-electron chi connectivity index (χ3n) is 1.86. The van der Waals surface area contributed by atoms with Crippen LogP contribution in [0.4, 0.5) is 0 Å². The van der Waals surface area contributed by atoms with Gasteiger partial charge in [0, 0.05) is 0 Å². The third kappa shape index (κ3) is 4.52. The van der Waals surface area contributed by atoms with Gasteiger partial charge >= 0.3 is 0 Å². The van der Waals surface area contributed by atoms with Crippen molar-refractivity contribution < 1.29 is 0 Å². The average molecular weight is 175 g/mol. The van der Waals surface area contributed by atoms with Crippen LogP contribution < -0.4 is 16.0 Å². The minimum Gasteiger partial charge on any atom is -0.294 e. The van der Waals surface area contributed by atoms with Crippen LogP contribution in [0.3, 0.4) is 0 Å². The predicted molar refractivity (Wildman–Crippen MR) is 53.6 cm³/mol. The van der Waals surface area contributed by atoms with Crippen molar-refractivity contribution in [2.24, 2.45) is 5.92 Å². The fourth-order valence-corrected chi connectivity index (χ4v) is 0.914. The van der Waals surface area contributed by atoms with Crippen LogP contribution in [0, 0.1) is 5.92 Å². The van der Waals surface area contributed by atoms with Crippen LogP contribution in [0.5, 0.6) is 0 Å². The van der Waals surface area contributed by atoms with Crippen molar-refractivity contribution in [3.8, 4) is 0 Å². The molecule has 0 unspecified atom stereocenters. The Kier molecular flexibility index (Phi) is 4.91. The lowest BCUT2D eigenvalue weighted by atomic mass is 10.2. The van der Waals surface area contributed by atoms with Crippen molar-refractivity contribution in [1.82, 2.24) is 16.0 Å². The second kappa shape index (κ2) is 4.87. The summed E-state index contributed by atoms with van der Waals surface area (Å²) < 4.78 is 0. The first-order valence-corrected chi connectivity index (χ1v) is 5.17. The monoisotopic (exact) mass is 175 g/mol. The molecule has 4 heteroatoms. The molecule has 0 aliphatic rings. The molecule has 0 amide bonds. The summed E-state index contributed by atoms with van der Waals surface area (Å²) in [6.45, 7) is 5.46. The molecule has 0 aromatic heterocycles. The Hall–Kier alpha value is 0.0969. The van der Waals surface area contributed by atoms with E-state index < -0.39 is 0 Å². The normalized spacial score (nSPS) is 12.8. The standard InChI is InChI=1S/C7H21N3Si/c1-6(2)5-10-7(11,8-3)9-4/h6,8-10H,5H2,1-4,11H3. The summed E-state index contributed by atoms with van der Waals surface area (Å²) in [4.78, 5) is 0. The van der Waals surface area contributed by atoms with Crippen molar-refractivity contribution in [3.63, 3.8) is 0 Å². The summed E-state index contributed by atoms with van der Waals surface area (Å²) in [6.07, 6.45) is 0. The van der Waals surface area contributed by atoms with Crippen molar-refractivity contribution in [3.05, 3.63) is 0 Å². The van der Waals surface area contributed by atoms with E-state index in [1.165, 1.54) is 0 Å². The van der Waals surface area contributed by atoms with Gasteiger partial charge in [0.25, 0.3) is 0 Å². The van der Waals surface area contributed by atoms with Gasteiger partial charge in [-0.15, -0.1) is 0 Å². The molecule has 0 aromatic rings. The number of nitrogens with one attached hydrogen (secondary N) is 3. The first kappa shape index (κ1) is 11.1. The molecular weight excluding hydrogens is 154 g/mol. The Morgan fingerprint density at radius 3 is 2.00 bits per heavy atom. The van der Waals surface area contributed by atoms with Crippen LogP contribution in [-0.4, -0.2) is 36.3 Å². The fraction of sp³-hybridized carbons (Fsp3) is 1.00. The molecule has 68 valence electrons. The number of hydrogen-bond acceptors (Lipinski definition) is 3. The van der Waals surface area contributed by atoms with Crippen LogP contribution in [0.1, 0.15) is 13.8 Å². The van der Waals surface area contributed by atoms with E-state index in [1.54, 1.807) is 0 Å². The van der Waals surface area contributed by atoms with Gasteiger partial charge in [0.05, 0.1) is 15.7 Å². The molecule has 0 radical (unpaired) electrons. The van der Waals surface area contributed by atoms with Crippen molar-refractivity contribution in [2.75, 3.05) is 20.6 Å². The highest BCUT2D eigenvalue weighted by molar-refractivity contribution is 6.14. The second-order valence-corrected chi connectivity index (χ2v) is 4.90. The van der Waals surface area contributed by atoms with E-state index in [9.17, 15) is 0 Å². The molecule has 0 heterocycles. The van der Waals surface area contributed by atoms with Gasteiger partial charge in [0.2, 0.25) is 0 Å². The summed E-state index contributed by atoms with van der Waals surface area (Å²) in [5.41, 5.74) is 0.00424. The largest absolute Gasteiger partial charge is 0.294 e. The molecule has 0 spiro atoms. The minimum absolute atomic E-state index is 0.00424. The molecule has 0 aromatic carbocycles. The maximum Gasteiger partial charge on any atom is 0.0966 e. The van der Waals surface area contributed by atoms with Crippen LogP contribution in [-0.2, 0) is 0 Å². The van der Waals surface area contributed by atoms with Gasteiger partial charge in [0.15, 0.2) is 0 Å². The van der Waals surface area contributed by atoms with E-state index in [0.717, 1.165) is 16.8 Å². The Morgan fingerprint density at radius 1 is 1.27 bits per heavy atom. The highest BCUT2D eigenvalue weighted by Gasteiger charge is 2.16. The zero-order chi connectivity index (χ0) is 8.91. The number of rotatable bonds is 5. The van der Waals surface area contributed by atoms with E-state index in [2.05, 4.69) is 29.8 Å². The topological polar surface area (TPSA) is 36.1 Å². The SMILES string of the molecule is CNC([SiH3])(NC)NCC(C)C. The molecule has 0 rings (SSSR count). The van der Waals surface area contributed by atoms with Gasteiger partial charge < -0.3 is 0 Å². The zero-order valence-corrected chi connectivity index (χ0v) is 10.3. The van der Waals surface area contributed by atoms with Crippen LogP contribution in [0.15, 0.2) is 0 Å². The Labute approximate surface area is 72.7 Å². The van der Waals surface area contributed by atoms with E-state index >= 15 is 0 Å². The maximum atomic E-state index is 3.43. The molecule has 11 heavy (non-hydrogen) atoms. The summed E-state index contributed by atoms with van der Waals surface area (Å²) >= 11 is 0. The molecule has 3 nitrogen and oxygen atoms in total. The third-order valence-corrected chi connectivity index (χ3v) is 3.22. The zero-order valence-electron chi connectivity index (χ0n) is 8.28. The maximum absolute atomic E-state index is 3.43. The minimum atomic E-state index is 0.00424. The first-order chi connectivity index (χ1) is 5.04. The molecule has 3 N–H and O–H groups in total. The fourth-order valence-electron chi connectivity index (χ4n) is 0.710. The van der Waals surface area contributed by atoms with E-state index in [0.29, 0.717) is 5.92 Å². The Bertz CT molecular complexity index is 102. The van der Waals surface area contributed by atoms with Crippen molar-refractivity contribution in [2.45, 2.75) is 19.3 Å². The van der Waals surface area contributed by atoms with E-state index in [4.69, 9.17) is 0 Å². The van der Waals surface area contributed by atoms with Crippen molar-refractivity contribution >= 4 is 10.2 Å². The van der Waals surface area contributed by atoms with E-state index in [1.807, 2.05) is 14.1 Å².